The van der Waals surface area contributed by atoms with Crippen LogP contribution in [0, 0.1) is 0 Å². The molecule has 2 aromatic rings. The zero-order valence-corrected chi connectivity index (χ0v) is 12.3. The number of hydrogen-bond donors (Lipinski definition) is 2. The van der Waals surface area contributed by atoms with E-state index >= 15 is 0 Å². The second-order valence-corrected chi connectivity index (χ2v) is 5.24. The fourth-order valence-electron chi connectivity index (χ4n) is 2.54. The number of ether oxygens (including phenoxy) is 1. The van der Waals surface area contributed by atoms with Gasteiger partial charge in [-0.3, -0.25) is 19.6 Å². The van der Waals surface area contributed by atoms with Crippen molar-refractivity contribution in [2.75, 3.05) is 6.61 Å². The third-order valence-electron chi connectivity index (χ3n) is 3.70. The maximum atomic E-state index is 12.3. The van der Waals surface area contributed by atoms with E-state index in [0.29, 0.717) is 12.2 Å². The van der Waals surface area contributed by atoms with Crippen molar-refractivity contribution in [3.63, 3.8) is 0 Å². The molecule has 0 unspecified atom stereocenters. The van der Waals surface area contributed by atoms with Crippen molar-refractivity contribution in [2.45, 2.75) is 18.6 Å². The van der Waals surface area contributed by atoms with Crippen LogP contribution in [0.25, 0.3) is 0 Å². The molecule has 3 rings (SSSR count). The minimum atomic E-state index is -0.627. The Balaban J connectivity index is 1.70. The van der Waals surface area contributed by atoms with Gasteiger partial charge >= 0.3 is 0 Å². The zero-order chi connectivity index (χ0) is 16.2. The quantitative estimate of drug-likeness (QED) is 0.869. The molecule has 0 bridgehead atoms. The molecule has 3 heterocycles. The number of carbonyl (C=O) groups is 2. The van der Waals surface area contributed by atoms with Gasteiger partial charge in [-0.15, -0.1) is 0 Å². The van der Waals surface area contributed by atoms with Crippen LogP contribution >= 0.6 is 0 Å². The smallest absolute Gasteiger partial charge is 0.267 e. The molecule has 0 aromatic carbocycles. The van der Waals surface area contributed by atoms with Crippen molar-refractivity contribution in [3.05, 3.63) is 59.7 Å². The zero-order valence-electron chi connectivity index (χ0n) is 12.3. The summed E-state index contributed by atoms with van der Waals surface area (Å²) in [4.78, 5) is 31.3. The van der Waals surface area contributed by atoms with E-state index in [1.54, 1.807) is 12.4 Å². The highest BCUT2D eigenvalue weighted by molar-refractivity contribution is 5.95. The number of nitrogens with one attached hydrogen (secondary N) is 1. The molecule has 0 radical (unpaired) electrons. The van der Waals surface area contributed by atoms with Crippen LogP contribution in [0.15, 0.2) is 42.9 Å². The summed E-state index contributed by atoms with van der Waals surface area (Å²) >= 11 is 0. The Morgan fingerprint density at radius 1 is 1.26 bits per heavy atom. The molecule has 23 heavy (non-hydrogen) atoms. The molecule has 7 heteroatoms. The lowest BCUT2D eigenvalue weighted by atomic mass is 10.0. The maximum Gasteiger partial charge on any atom is 0.267 e. The Hall–Kier alpha value is -2.80. The average Bonchev–Trinajstić information content (AvgIpc) is 3.04. The molecule has 3 N–H and O–H groups in total. The van der Waals surface area contributed by atoms with Gasteiger partial charge in [0.05, 0.1) is 11.6 Å². The van der Waals surface area contributed by atoms with Crippen LogP contribution in [-0.4, -0.2) is 34.4 Å². The van der Waals surface area contributed by atoms with Crippen LogP contribution in [0.3, 0.4) is 0 Å². The van der Waals surface area contributed by atoms with E-state index in [2.05, 4.69) is 15.3 Å². The van der Waals surface area contributed by atoms with Gasteiger partial charge in [-0.05, 0) is 24.6 Å². The van der Waals surface area contributed by atoms with Crippen LogP contribution < -0.4 is 11.1 Å². The first-order valence-electron chi connectivity index (χ1n) is 7.23. The number of hydrogen-bond acceptors (Lipinski definition) is 5. The van der Waals surface area contributed by atoms with Gasteiger partial charge in [0.1, 0.15) is 11.8 Å². The molecule has 0 aliphatic carbocycles. The third-order valence-corrected chi connectivity index (χ3v) is 3.70. The second kappa shape index (κ2) is 6.53. The number of nitrogens with two attached hydrogens (primary N) is 1. The Bertz CT molecular complexity index is 703. The van der Waals surface area contributed by atoms with Crippen molar-refractivity contribution in [3.8, 4) is 0 Å². The van der Waals surface area contributed by atoms with Gasteiger partial charge in [-0.2, -0.15) is 0 Å². The van der Waals surface area contributed by atoms with E-state index in [0.717, 1.165) is 12.0 Å². The number of pyridine rings is 2. The minimum Gasteiger partial charge on any atom is -0.371 e. The third kappa shape index (κ3) is 3.35. The van der Waals surface area contributed by atoms with Crippen LogP contribution in [0.5, 0.6) is 0 Å². The fourth-order valence-corrected chi connectivity index (χ4v) is 2.54. The van der Waals surface area contributed by atoms with Crippen molar-refractivity contribution in [1.82, 2.24) is 15.3 Å². The van der Waals surface area contributed by atoms with Gasteiger partial charge in [-0.1, -0.05) is 6.07 Å². The van der Waals surface area contributed by atoms with Gasteiger partial charge in [0.2, 0.25) is 0 Å². The fraction of sp³-hybridized carbons (Fsp3) is 0.250. The van der Waals surface area contributed by atoms with Gasteiger partial charge < -0.3 is 15.8 Å². The van der Waals surface area contributed by atoms with Crippen LogP contribution in [0.1, 0.15) is 38.9 Å². The summed E-state index contributed by atoms with van der Waals surface area (Å²) in [5.74, 6) is -0.893. The van der Waals surface area contributed by atoms with Crippen LogP contribution in [0.4, 0.5) is 0 Å². The summed E-state index contributed by atoms with van der Waals surface area (Å²) in [5, 5.41) is 2.94. The molecule has 2 atom stereocenters. The van der Waals surface area contributed by atoms with Gasteiger partial charge in [-0.25, -0.2) is 0 Å². The molecule has 0 spiro atoms. The number of carbonyl (C=O) groups excluding carboxylic acids is 2. The molecule has 0 saturated carbocycles. The largest absolute Gasteiger partial charge is 0.371 e. The van der Waals surface area contributed by atoms with Gasteiger partial charge in [0, 0.05) is 30.8 Å². The van der Waals surface area contributed by atoms with Crippen molar-refractivity contribution < 1.29 is 14.3 Å². The topological polar surface area (TPSA) is 107 Å². The van der Waals surface area contributed by atoms with Crippen molar-refractivity contribution >= 4 is 11.8 Å². The molecule has 1 aliphatic heterocycles. The molecular formula is C16H16N4O3. The Labute approximate surface area is 132 Å². The van der Waals surface area contributed by atoms with E-state index in [-0.39, 0.29) is 23.7 Å². The Kier molecular flexibility index (Phi) is 4.29. The molecule has 1 fully saturated rings. The summed E-state index contributed by atoms with van der Waals surface area (Å²) in [5.41, 5.74) is 6.55. The number of primary amides is 1. The lowest BCUT2D eigenvalue weighted by molar-refractivity contribution is 0.0820. The summed E-state index contributed by atoms with van der Waals surface area (Å²) < 4.78 is 5.71. The van der Waals surface area contributed by atoms with Crippen LogP contribution in [-0.2, 0) is 4.74 Å². The average molecular weight is 312 g/mol. The highest BCUT2D eigenvalue weighted by atomic mass is 16.5. The van der Waals surface area contributed by atoms with Crippen molar-refractivity contribution in [2.24, 2.45) is 5.73 Å². The SMILES string of the molecule is NC(=O)c1ccc(C(=O)N[C@H]2CCO[C@@H]2c2cccnc2)cn1. The lowest BCUT2D eigenvalue weighted by Gasteiger charge is -2.19. The number of nitrogens with zero attached hydrogens (tertiary/aromatic N) is 2. The second-order valence-electron chi connectivity index (χ2n) is 5.24. The molecular weight excluding hydrogens is 296 g/mol. The summed E-state index contributed by atoms with van der Waals surface area (Å²) in [6.07, 6.45) is 5.27. The Morgan fingerprint density at radius 3 is 2.78 bits per heavy atom. The normalized spacial score (nSPS) is 20.2. The molecule has 2 aromatic heterocycles. The first kappa shape index (κ1) is 15.1. The predicted octanol–water partition coefficient (Wildman–Crippen LogP) is 0.835. The molecule has 2 amide bonds. The van der Waals surface area contributed by atoms with E-state index in [1.165, 1.54) is 18.3 Å². The maximum absolute atomic E-state index is 12.3. The predicted molar refractivity (Wildman–Crippen MR) is 81.6 cm³/mol. The first-order valence-corrected chi connectivity index (χ1v) is 7.23. The van der Waals surface area contributed by atoms with E-state index in [4.69, 9.17) is 10.5 Å². The van der Waals surface area contributed by atoms with Gasteiger partial charge in [0.15, 0.2) is 0 Å². The van der Waals surface area contributed by atoms with E-state index in [9.17, 15) is 9.59 Å². The highest BCUT2D eigenvalue weighted by Crippen LogP contribution is 2.28. The summed E-state index contributed by atoms with van der Waals surface area (Å²) in [7, 11) is 0. The number of aromatic nitrogens is 2. The van der Waals surface area contributed by atoms with Crippen LogP contribution in [0.2, 0.25) is 0 Å². The van der Waals surface area contributed by atoms with E-state index < -0.39 is 5.91 Å². The van der Waals surface area contributed by atoms with E-state index in [1.807, 2.05) is 12.1 Å². The monoisotopic (exact) mass is 312 g/mol. The molecule has 7 nitrogen and oxygen atoms in total. The standard InChI is InChI=1S/C16H16N4O3/c17-15(21)13-4-3-11(9-19-13)16(22)20-12-5-7-23-14(12)10-2-1-6-18-8-10/h1-4,6,8-9,12,14H,5,7H2,(H2,17,21)(H,20,22)/t12-,14+/m0/s1. The highest BCUT2D eigenvalue weighted by Gasteiger charge is 2.31. The molecule has 1 aliphatic rings. The van der Waals surface area contributed by atoms with Crippen molar-refractivity contribution in [1.29, 1.82) is 0 Å². The Morgan fingerprint density at radius 2 is 2.13 bits per heavy atom. The van der Waals surface area contributed by atoms with Gasteiger partial charge in [0.25, 0.3) is 11.8 Å². The number of rotatable bonds is 4. The molecule has 1 saturated heterocycles. The number of amides is 2. The first-order chi connectivity index (χ1) is 11.1. The summed E-state index contributed by atoms with van der Waals surface area (Å²) in [6.45, 7) is 0.573. The molecule has 118 valence electrons. The lowest BCUT2D eigenvalue weighted by Crippen LogP contribution is -2.37. The summed E-state index contributed by atoms with van der Waals surface area (Å²) in [6, 6.07) is 6.58. The minimum absolute atomic E-state index is 0.124.